The summed E-state index contributed by atoms with van der Waals surface area (Å²) in [4.78, 5) is 34.9. The fourth-order valence-corrected chi connectivity index (χ4v) is 1.72. The quantitative estimate of drug-likeness (QED) is 0.862. The van der Waals surface area contributed by atoms with E-state index in [1.165, 1.54) is 12.4 Å². The van der Waals surface area contributed by atoms with Crippen LogP contribution in [-0.2, 0) is 0 Å². The second kappa shape index (κ2) is 6.08. The lowest BCUT2D eigenvalue weighted by Crippen LogP contribution is -2.28. The normalized spacial score (nSPS) is 11.7. The van der Waals surface area contributed by atoms with Crippen molar-refractivity contribution >= 4 is 11.8 Å². The minimum atomic E-state index is -0.688. The number of aromatic nitrogens is 3. The van der Waals surface area contributed by atoms with Gasteiger partial charge in [-0.05, 0) is 26.0 Å². The van der Waals surface area contributed by atoms with E-state index >= 15 is 0 Å². The van der Waals surface area contributed by atoms with E-state index in [2.05, 4.69) is 20.3 Å². The Kier molecular flexibility index (Phi) is 4.22. The SMILES string of the molecule is Cc1cccc(C(C)NC(=O)c2cnc(C(N)=O)cn2)n1. The molecule has 0 saturated carbocycles. The lowest BCUT2D eigenvalue weighted by atomic mass is 10.2. The Balaban J connectivity index is 2.08. The molecule has 2 aromatic heterocycles. The van der Waals surface area contributed by atoms with Gasteiger partial charge in [-0.2, -0.15) is 0 Å². The van der Waals surface area contributed by atoms with E-state index in [1.807, 2.05) is 32.0 Å². The molecule has 7 heteroatoms. The summed E-state index contributed by atoms with van der Waals surface area (Å²) in [5, 5.41) is 2.77. The second-order valence-corrected chi connectivity index (χ2v) is 4.55. The predicted molar refractivity (Wildman–Crippen MR) is 75.4 cm³/mol. The molecule has 1 unspecified atom stereocenters. The zero-order chi connectivity index (χ0) is 15.4. The van der Waals surface area contributed by atoms with Crippen LogP contribution in [0.4, 0.5) is 0 Å². The summed E-state index contributed by atoms with van der Waals surface area (Å²) in [6, 6.07) is 5.32. The van der Waals surface area contributed by atoms with Crippen LogP contribution in [-0.4, -0.2) is 26.8 Å². The molecule has 7 nitrogen and oxygen atoms in total. The molecule has 21 heavy (non-hydrogen) atoms. The highest BCUT2D eigenvalue weighted by Gasteiger charge is 2.14. The Bertz CT molecular complexity index is 669. The fourth-order valence-electron chi connectivity index (χ4n) is 1.72. The molecule has 1 atom stereocenters. The van der Waals surface area contributed by atoms with Gasteiger partial charge in [-0.25, -0.2) is 9.97 Å². The topological polar surface area (TPSA) is 111 Å². The van der Waals surface area contributed by atoms with E-state index in [9.17, 15) is 9.59 Å². The summed E-state index contributed by atoms with van der Waals surface area (Å²) in [5.41, 5.74) is 6.81. The number of aryl methyl sites for hydroxylation is 1. The van der Waals surface area contributed by atoms with Crippen molar-refractivity contribution in [1.29, 1.82) is 0 Å². The molecule has 2 heterocycles. The van der Waals surface area contributed by atoms with Crippen LogP contribution in [0.15, 0.2) is 30.6 Å². The number of hydrogen-bond acceptors (Lipinski definition) is 5. The van der Waals surface area contributed by atoms with Gasteiger partial charge in [0.25, 0.3) is 11.8 Å². The first-order valence-electron chi connectivity index (χ1n) is 6.33. The predicted octanol–water partition coefficient (Wildman–Crippen LogP) is 0.770. The number of carbonyl (C=O) groups is 2. The van der Waals surface area contributed by atoms with Gasteiger partial charge in [-0.3, -0.25) is 14.6 Å². The summed E-state index contributed by atoms with van der Waals surface area (Å²) in [7, 11) is 0. The molecular weight excluding hydrogens is 270 g/mol. The third-order valence-electron chi connectivity index (χ3n) is 2.84. The van der Waals surface area contributed by atoms with E-state index in [-0.39, 0.29) is 17.4 Å². The molecule has 2 rings (SSSR count). The monoisotopic (exact) mass is 285 g/mol. The van der Waals surface area contributed by atoms with Crippen molar-refractivity contribution in [3.8, 4) is 0 Å². The highest BCUT2D eigenvalue weighted by Crippen LogP contribution is 2.10. The third-order valence-corrected chi connectivity index (χ3v) is 2.84. The molecule has 0 aliphatic rings. The Morgan fingerprint density at radius 3 is 2.43 bits per heavy atom. The molecule has 2 amide bonds. The second-order valence-electron chi connectivity index (χ2n) is 4.55. The molecule has 0 aliphatic carbocycles. The Morgan fingerprint density at radius 2 is 1.86 bits per heavy atom. The lowest BCUT2D eigenvalue weighted by Gasteiger charge is -2.13. The van der Waals surface area contributed by atoms with Gasteiger partial charge in [0, 0.05) is 5.69 Å². The molecule has 3 N–H and O–H groups in total. The van der Waals surface area contributed by atoms with Gasteiger partial charge in [-0.15, -0.1) is 0 Å². The van der Waals surface area contributed by atoms with Crippen LogP contribution < -0.4 is 11.1 Å². The van der Waals surface area contributed by atoms with Gasteiger partial charge >= 0.3 is 0 Å². The number of nitrogens with zero attached hydrogens (tertiary/aromatic N) is 3. The zero-order valence-corrected chi connectivity index (χ0v) is 11.7. The number of nitrogens with two attached hydrogens (primary N) is 1. The summed E-state index contributed by atoms with van der Waals surface area (Å²) in [6.07, 6.45) is 2.39. The van der Waals surface area contributed by atoms with E-state index in [1.54, 1.807) is 0 Å². The van der Waals surface area contributed by atoms with Crippen LogP contribution in [0.5, 0.6) is 0 Å². The standard InChI is InChI=1S/C14H15N5O2/c1-8-4-3-5-10(18-8)9(2)19-14(21)12-7-16-11(6-17-12)13(15)20/h3-7,9H,1-2H3,(H2,15,20)(H,19,21). The average Bonchev–Trinajstić information content (AvgIpc) is 2.47. The maximum absolute atomic E-state index is 12.0. The summed E-state index contributed by atoms with van der Waals surface area (Å²) in [5.74, 6) is -1.08. The number of hydrogen-bond donors (Lipinski definition) is 2. The van der Waals surface area contributed by atoms with Crippen LogP contribution in [0, 0.1) is 6.92 Å². The first kappa shape index (κ1) is 14.6. The Hall–Kier alpha value is -2.83. The van der Waals surface area contributed by atoms with Gasteiger partial charge in [0.1, 0.15) is 11.4 Å². The van der Waals surface area contributed by atoms with Crippen molar-refractivity contribution in [2.24, 2.45) is 5.73 Å². The van der Waals surface area contributed by atoms with E-state index in [0.29, 0.717) is 0 Å². The number of carbonyl (C=O) groups excluding carboxylic acids is 2. The summed E-state index contributed by atoms with van der Waals surface area (Å²) < 4.78 is 0. The van der Waals surface area contributed by atoms with E-state index in [4.69, 9.17) is 5.73 Å². The summed E-state index contributed by atoms with van der Waals surface area (Å²) in [6.45, 7) is 3.71. The molecule has 0 fully saturated rings. The molecule has 0 saturated heterocycles. The largest absolute Gasteiger partial charge is 0.364 e. The van der Waals surface area contributed by atoms with E-state index < -0.39 is 11.8 Å². The number of pyridine rings is 1. The van der Waals surface area contributed by atoms with Crippen LogP contribution in [0.1, 0.15) is 45.3 Å². The van der Waals surface area contributed by atoms with Crippen LogP contribution >= 0.6 is 0 Å². The maximum atomic E-state index is 12.0. The first-order valence-corrected chi connectivity index (χ1v) is 6.33. The minimum absolute atomic E-state index is 0.0138. The van der Waals surface area contributed by atoms with E-state index in [0.717, 1.165) is 11.4 Å². The molecule has 0 aliphatic heterocycles. The molecule has 0 spiro atoms. The molecule has 0 bridgehead atoms. The van der Waals surface area contributed by atoms with Crippen molar-refractivity contribution < 1.29 is 9.59 Å². The third kappa shape index (κ3) is 3.59. The molecule has 2 aromatic rings. The van der Waals surface area contributed by atoms with Gasteiger partial charge in [0.05, 0.1) is 24.1 Å². The molecular formula is C14H15N5O2. The Labute approximate surface area is 121 Å². The number of nitrogens with one attached hydrogen (secondary N) is 1. The van der Waals surface area contributed by atoms with Crippen molar-refractivity contribution in [1.82, 2.24) is 20.3 Å². The highest BCUT2D eigenvalue weighted by atomic mass is 16.2. The fraction of sp³-hybridized carbons (Fsp3) is 0.214. The first-order chi connectivity index (χ1) is 9.97. The van der Waals surface area contributed by atoms with Crippen molar-refractivity contribution in [3.63, 3.8) is 0 Å². The Morgan fingerprint density at radius 1 is 1.19 bits per heavy atom. The number of rotatable bonds is 4. The van der Waals surface area contributed by atoms with Crippen LogP contribution in [0.2, 0.25) is 0 Å². The van der Waals surface area contributed by atoms with Crippen LogP contribution in [0.3, 0.4) is 0 Å². The van der Waals surface area contributed by atoms with Crippen LogP contribution in [0.25, 0.3) is 0 Å². The van der Waals surface area contributed by atoms with Crippen molar-refractivity contribution in [2.75, 3.05) is 0 Å². The van der Waals surface area contributed by atoms with Gasteiger partial charge in [0.2, 0.25) is 0 Å². The number of amides is 2. The molecule has 0 radical (unpaired) electrons. The number of primary amides is 1. The van der Waals surface area contributed by atoms with Gasteiger partial charge < -0.3 is 11.1 Å². The zero-order valence-electron chi connectivity index (χ0n) is 11.7. The highest BCUT2D eigenvalue weighted by molar-refractivity contribution is 5.93. The molecule has 108 valence electrons. The van der Waals surface area contributed by atoms with Gasteiger partial charge in [-0.1, -0.05) is 6.07 Å². The minimum Gasteiger partial charge on any atom is -0.364 e. The lowest BCUT2D eigenvalue weighted by molar-refractivity contribution is 0.0930. The smallest absolute Gasteiger partial charge is 0.272 e. The van der Waals surface area contributed by atoms with Gasteiger partial charge in [0.15, 0.2) is 0 Å². The van der Waals surface area contributed by atoms with Crippen molar-refractivity contribution in [3.05, 3.63) is 53.4 Å². The summed E-state index contributed by atoms with van der Waals surface area (Å²) >= 11 is 0. The van der Waals surface area contributed by atoms with Crippen molar-refractivity contribution in [2.45, 2.75) is 19.9 Å². The maximum Gasteiger partial charge on any atom is 0.272 e. The molecule has 0 aromatic carbocycles. The average molecular weight is 285 g/mol.